The number of aryl methyl sites for hydroxylation is 1. The molecule has 2 aliphatic heterocycles. The van der Waals surface area contributed by atoms with Crippen LogP contribution in [0.1, 0.15) is 48.3 Å². The SMILES string of the molecule is O=C1CC2(CCN(C(=O)C3CCc4ccccc43)CC2)CN1Cc1ccccc1. The molecule has 29 heavy (non-hydrogen) atoms. The van der Waals surface area contributed by atoms with Crippen molar-refractivity contribution in [2.24, 2.45) is 5.41 Å². The fraction of sp³-hybridized carbons (Fsp3) is 0.440. The van der Waals surface area contributed by atoms with Gasteiger partial charge in [-0.2, -0.15) is 0 Å². The Labute approximate surface area is 172 Å². The highest BCUT2D eigenvalue weighted by atomic mass is 16.2. The van der Waals surface area contributed by atoms with E-state index in [1.54, 1.807) is 0 Å². The Morgan fingerprint density at radius 1 is 1.00 bits per heavy atom. The third kappa shape index (κ3) is 3.45. The average molecular weight is 389 g/mol. The Morgan fingerprint density at radius 2 is 1.72 bits per heavy atom. The van der Waals surface area contributed by atoms with Crippen molar-refractivity contribution in [2.75, 3.05) is 19.6 Å². The van der Waals surface area contributed by atoms with Crippen molar-refractivity contribution >= 4 is 11.8 Å². The van der Waals surface area contributed by atoms with Crippen LogP contribution in [-0.4, -0.2) is 41.2 Å². The van der Waals surface area contributed by atoms with Gasteiger partial charge >= 0.3 is 0 Å². The zero-order valence-corrected chi connectivity index (χ0v) is 16.8. The second kappa shape index (κ2) is 7.33. The first-order valence-electron chi connectivity index (χ1n) is 10.8. The fourth-order valence-electron chi connectivity index (χ4n) is 5.50. The Bertz CT molecular complexity index is 915. The lowest BCUT2D eigenvalue weighted by Crippen LogP contribution is -2.45. The molecule has 2 heterocycles. The van der Waals surface area contributed by atoms with Gasteiger partial charge in [-0.05, 0) is 42.4 Å². The zero-order valence-electron chi connectivity index (χ0n) is 16.8. The molecule has 5 rings (SSSR count). The van der Waals surface area contributed by atoms with Crippen molar-refractivity contribution in [3.05, 3.63) is 71.3 Å². The molecule has 0 radical (unpaired) electrons. The van der Waals surface area contributed by atoms with Crippen LogP contribution in [0.4, 0.5) is 0 Å². The van der Waals surface area contributed by atoms with Crippen LogP contribution in [0.2, 0.25) is 0 Å². The standard InChI is InChI=1S/C25H28N2O2/c28-23-16-25(18-27(23)17-19-6-2-1-3-7-19)12-14-26(15-13-25)24(29)22-11-10-20-8-4-5-9-21(20)22/h1-9,22H,10-18H2. The van der Waals surface area contributed by atoms with Gasteiger partial charge in [-0.3, -0.25) is 9.59 Å². The maximum atomic E-state index is 13.2. The number of fused-ring (bicyclic) bond motifs is 1. The molecule has 2 aromatic rings. The first-order chi connectivity index (χ1) is 14.1. The molecule has 0 N–H and O–H groups in total. The number of likely N-dealkylation sites (tertiary alicyclic amines) is 2. The van der Waals surface area contributed by atoms with Gasteiger partial charge in [0, 0.05) is 38.0 Å². The number of carbonyl (C=O) groups is 2. The lowest BCUT2D eigenvalue weighted by molar-refractivity contribution is -0.135. The lowest BCUT2D eigenvalue weighted by Gasteiger charge is -2.39. The molecule has 1 aliphatic carbocycles. The number of amides is 2. The molecular formula is C25H28N2O2. The molecule has 0 bridgehead atoms. The normalized spacial score (nSPS) is 22.9. The molecular weight excluding hydrogens is 360 g/mol. The quantitative estimate of drug-likeness (QED) is 0.803. The smallest absolute Gasteiger partial charge is 0.230 e. The zero-order chi connectivity index (χ0) is 19.8. The van der Waals surface area contributed by atoms with Crippen molar-refractivity contribution < 1.29 is 9.59 Å². The molecule has 4 heteroatoms. The van der Waals surface area contributed by atoms with Crippen molar-refractivity contribution in [1.29, 1.82) is 0 Å². The van der Waals surface area contributed by atoms with Crippen LogP contribution in [-0.2, 0) is 22.6 Å². The number of hydrogen-bond donors (Lipinski definition) is 0. The predicted molar refractivity (Wildman–Crippen MR) is 112 cm³/mol. The maximum absolute atomic E-state index is 13.2. The molecule has 0 aromatic heterocycles. The van der Waals surface area contributed by atoms with E-state index >= 15 is 0 Å². The summed E-state index contributed by atoms with van der Waals surface area (Å²) in [6.45, 7) is 3.09. The van der Waals surface area contributed by atoms with E-state index in [1.165, 1.54) is 16.7 Å². The Morgan fingerprint density at radius 3 is 2.52 bits per heavy atom. The van der Waals surface area contributed by atoms with Gasteiger partial charge in [0.1, 0.15) is 0 Å². The Balaban J connectivity index is 1.22. The molecule has 2 amide bonds. The number of nitrogens with zero attached hydrogens (tertiary/aromatic N) is 2. The molecule has 4 nitrogen and oxygen atoms in total. The van der Waals surface area contributed by atoms with Crippen LogP contribution in [0.5, 0.6) is 0 Å². The number of benzene rings is 2. The number of rotatable bonds is 3. The van der Waals surface area contributed by atoms with E-state index in [4.69, 9.17) is 0 Å². The monoisotopic (exact) mass is 388 g/mol. The highest BCUT2D eigenvalue weighted by Gasteiger charge is 2.46. The van der Waals surface area contributed by atoms with E-state index < -0.39 is 0 Å². The lowest BCUT2D eigenvalue weighted by atomic mass is 9.77. The second-order valence-corrected chi connectivity index (χ2v) is 9.03. The van der Waals surface area contributed by atoms with Crippen LogP contribution < -0.4 is 0 Å². The third-order valence-corrected chi connectivity index (χ3v) is 7.19. The van der Waals surface area contributed by atoms with E-state index in [9.17, 15) is 9.59 Å². The first kappa shape index (κ1) is 18.4. The van der Waals surface area contributed by atoms with Crippen LogP contribution in [0.3, 0.4) is 0 Å². The molecule has 2 aromatic carbocycles. The van der Waals surface area contributed by atoms with Crippen molar-refractivity contribution in [3.8, 4) is 0 Å². The first-order valence-corrected chi connectivity index (χ1v) is 10.8. The molecule has 1 atom stereocenters. The van der Waals surface area contributed by atoms with Gasteiger partial charge in [0.2, 0.25) is 11.8 Å². The highest BCUT2D eigenvalue weighted by Crippen LogP contribution is 2.43. The van der Waals surface area contributed by atoms with Gasteiger partial charge in [-0.1, -0.05) is 54.6 Å². The second-order valence-electron chi connectivity index (χ2n) is 9.03. The minimum absolute atomic E-state index is 0.0278. The summed E-state index contributed by atoms with van der Waals surface area (Å²) in [4.78, 5) is 29.9. The van der Waals surface area contributed by atoms with Gasteiger partial charge in [0.05, 0.1) is 5.92 Å². The Hall–Kier alpha value is -2.62. The van der Waals surface area contributed by atoms with Crippen molar-refractivity contribution in [3.63, 3.8) is 0 Å². The summed E-state index contributed by atoms with van der Waals surface area (Å²) in [6, 6.07) is 18.6. The number of hydrogen-bond acceptors (Lipinski definition) is 2. The van der Waals surface area contributed by atoms with Crippen LogP contribution >= 0.6 is 0 Å². The average Bonchev–Trinajstić information content (AvgIpc) is 3.30. The van der Waals surface area contributed by atoms with Gasteiger partial charge in [-0.15, -0.1) is 0 Å². The predicted octanol–water partition coefficient (Wildman–Crippen LogP) is 3.76. The molecule has 3 aliphatic rings. The minimum atomic E-state index is 0.0278. The summed E-state index contributed by atoms with van der Waals surface area (Å²) < 4.78 is 0. The molecule has 2 fully saturated rings. The summed E-state index contributed by atoms with van der Waals surface area (Å²) in [5.74, 6) is 0.577. The summed E-state index contributed by atoms with van der Waals surface area (Å²) in [5.41, 5.74) is 3.79. The number of piperidine rings is 1. The van der Waals surface area contributed by atoms with Gasteiger partial charge < -0.3 is 9.80 Å². The largest absolute Gasteiger partial charge is 0.342 e. The fourth-order valence-corrected chi connectivity index (χ4v) is 5.50. The summed E-state index contributed by atoms with van der Waals surface area (Å²) in [6.07, 6.45) is 4.44. The van der Waals surface area contributed by atoms with E-state index in [-0.39, 0.29) is 23.1 Å². The minimum Gasteiger partial charge on any atom is -0.342 e. The molecule has 1 spiro atoms. The summed E-state index contributed by atoms with van der Waals surface area (Å²) in [7, 11) is 0. The van der Waals surface area contributed by atoms with E-state index in [0.717, 1.165) is 45.3 Å². The van der Waals surface area contributed by atoms with Gasteiger partial charge in [0.25, 0.3) is 0 Å². The van der Waals surface area contributed by atoms with Crippen LogP contribution in [0.25, 0.3) is 0 Å². The van der Waals surface area contributed by atoms with E-state index in [1.807, 2.05) is 29.2 Å². The van der Waals surface area contributed by atoms with Crippen LogP contribution in [0, 0.1) is 5.41 Å². The molecule has 2 saturated heterocycles. The van der Waals surface area contributed by atoms with Crippen molar-refractivity contribution in [2.45, 2.75) is 44.6 Å². The molecule has 0 saturated carbocycles. The van der Waals surface area contributed by atoms with Gasteiger partial charge in [0.15, 0.2) is 0 Å². The van der Waals surface area contributed by atoms with Gasteiger partial charge in [-0.25, -0.2) is 0 Å². The van der Waals surface area contributed by atoms with E-state index in [0.29, 0.717) is 13.0 Å². The maximum Gasteiger partial charge on any atom is 0.230 e. The topological polar surface area (TPSA) is 40.6 Å². The number of carbonyl (C=O) groups excluding carboxylic acids is 2. The van der Waals surface area contributed by atoms with Crippen LogP contribution in [0.15, 0.2) is 54.6 Å². The molecule has 150 valence electrons. The highest BCUT2D eigenvalue weighted by molar-refractivity contribution is 5.85. The van der Waals surface area contributed by atoms with E-state index in [2.05, 4.69) is 35.2 Å². The third-order valence-electron chi connectivity index (χ3n) is 7.19. The summed E-state index contributed by atoms with van der Waals surface area (Å²) >= 11 is 0. The van der Waals surface area contributed by atoms with Crippen molar-refractivity contribution in [1.82, 2.24) is 9.80 Å². The summed E-state index contributed by atoms with van der Waals surface area (Å²) in [5, 5.41) is 0. The molecule has 1 unspecified atom stereocenters. The Kier molecular flexibility index (Phi) is 4.65.